The van der Waals surface area contributed by atoms with Gasteiger partial charge in [0.05, 0.1) is 11.3 Å². The number of anilines is 1. The average Bonchev–Trinajstić information content (AvgIpc) is 2.19. The van der Waals surface area contributed by atoms with Gasteiger partial charge in [0, 0.05) is 0 Å². The van der Waals surface area contributed by atoms with Crippen LogP contribution in [0.1, 0.15) is 12.5 Å². The van der Waals surface area contributed by atoms with Crippen LogP contribution in [0.15, 0.2) is 18.2 Å². The van der Waals surface area contributed by atoms with Crippen molar-refractivity contribution in [2.45, 2.75) is 18.5 Å². The Labute approximate surface area is 99.6 Å². The van der Waals surface area contributed by atoms with Gasteiger partial charge in [-0.25, -0.2) is 4.39 Å². The Morgan fingerprint density at radius 3 is 2.47 bits per heavy atom. The molecule has 2 nitrogen and oxygen atoms in total. The van der Waals surface area contributed by atoms with Gasteiger partial charge in [-0.1, -0.05) is 0 Å². The molecule has 1 amide bonds. The molecule has 0 fully saturated rings. The maximum atomic E-state index is 13.2. The van der Waals surface area contributed by atoms with Crippen LogP contribution in [0.3, 0.4) is 0 Å². The third kappa shape index (κ3) is 3.59. The van der Waals surface area contributed by atoms with Crippen molar-refractivity contribution in [3.05, 3.63) is 29.6 Å². The average molecular weight is 270 g/mol. The SMILES string of the molecule is C[C@H](Cl)C(=O)Nc1cc(C(F)(F)F)ccc1F. The predicted molar refractivity (Wildman–Crippen MR) is 55.3 cm³/mol. The van der Waals surface area contributed by atoms with E-state index in [2.05, 4.69) is 0 Å². The van der Waals surface area contributed by atoms with Crippen LogP contribution in [-0.2, 0) is 11.0 Å². The maximum absolute atomic E-state index is 13.2. The van der Waals surface area contributed by atoms with Crippen LogP contribution in [0.5, 0.6) is 0 Å². The summed E-state index contributed by atoms with van der Waals surface area (Å²) in [7, 11) is 0. The minimum atomic E-state index is -4.60. The second-order valence-electron chi connectivity index (χ2n) is 3.30. The highest BCUT2D eigenvalue weighted by Crippen LogP contribution is 2.31. The molecule has 0 heterocycles. The highest BCUT2D eigenvalue weighted by molar-refractivity contribution is 6.32. The number of benzene rings is 1. The molecule has 0 saturated carbocycles. The molecule has 1 rings (SSSR count). The van der Waals surface area contributed by atoms with E-state index < -0.39 is 34.5 Å². The second kappa shape index (κ2) is 4.91. The summed E-state index contributed by atoms with van der Waals surface area (Å²) in [4.78, 5) is 11.1. The van der Waals surface area contributed by atoms with E-state index in [0.29, 0.717) is 18.2 Å². The number of hydrogen-bond acceptors (Lipinski definition) is 1. The molecule has 7 heteroatoms. The quantitative estimate of drug-likeness (QED) is 0.647. The van der Waals surface area contributed by atoms with Crippen LogP contribution in [0.2, 0.25) is 0 Å². The molecule has 1 aromatic carbocycles. The molecule has 0 unspecified atom stereocenters. The van der Waals surface area contributed by atoms with Crippen LogP contribution in [0.25, 0.3) is 0 Å². The molecule has 1 N–H and O–H groups in total. The van der Waals surface area contributed by atoms with E-state index in [1.807, 2.05) is 5.32 Å². The Hall–Kier alpha value is -1.30. The first-order valence-corrected chi connectivity index (χ1v) is 4.97. The fourth-order valence-electron chi connectivity index (χ4n) is 1.03. The summed E-state index contributed by atoms with van der Waals surface area (Å²) in [6.07, 6.45) is -4.60. The number of carbonyl (C=O) groups is 1. The molecule has 1 atom stereocenters. The Kier molecular flexibility index (Phi) is 3.98. The Balaban J connectivity index is 3.03. The van der Waals surface area contributed by atoms with Crippen molar-refractivity contribution >= 4 is 23.2 Å². The minimum absolute atomic E-state index is 0.520. The lowest BCUT2D eigenvalue weighted by Gasteiger charge is -2.11. The van der Waals surface area contributed by atoms with Gasteiger partial charge >= 0.3 is 6.18 Å². The molecule has 0 aliphatic carbocycles. The van der Waals surface area contributed by atoms with Gasteiger partial charge in [0.1, 0.15) is 11.2 Å². The molecule has 0 radical (unpaired) electrons. The molecular formula is C10H8ClF4NO. The monoisotopic (exact) mass is 269 g/mol. The van der Waals surface area contributed by atoms with Crippen molar-refractivity contribution in [3.8, 4) is 0 Å². The third-order valence-electron chi connectivity index (χ3n) is 1.91. The van der Waals surface area contributed by atoms with E-state index >= 15 is 0 Å². The zero-order valence-electron chi connectivity index (χ0n) is 8.61. The van der Waals surface area contributed by atoms with Gasteiger partial charge in [0.15, 0.2) is 0 Å². The maximum Gasteiger partial charge on any atom is 0.416 e. The Bertz CT molecular complexity index is 431. The smallest absolute Gasteiger partial charge is 0.322 e. The Morgan fingerprint density at radius 2 is 2.00 bits per heavy atom. The normalized spacial score (nSPS) is 13.3. The summed E-state index contributed by atoms with van der Waals surface area (Å²) in [6.45, 7) is 1.32. The van der Waals surface area contributed by atoms with Crippen molar-refractivity contribution < 1.29 is 22.4 Å². The van der Waals surface area contributed by atoms with E-state index in [9.17, 15) is 22.4 Å². The summed E-state index contributed by atoms with van der Waals surface area (Å²) in [5.74, 6) is -1.73. The lowest BCUT2D eigenvalue weighted by atomic mass is 10.2. The van der Waals surface area contributed by atoms with Crippen LogP contribution in [0, 0.1) is 5.82 Å². The van der Waals surface area contributed by atoms with Crippen molar-refractivity contribution in [3.63, 3.8) is 0 Å². The zero-order chi connectivity index (χ0) is 13.2. The van der Waals surface area contributed by atoms with Gasteiger partial charge in [-0.3, -0.25) is 4.79 Å². The summed E-state index contributed by atoms with van der Waals surface area (Å²) in [6, 6.07) is 1.75. The van der Waals surface area contributed by atoms with Crippen LogP contribution in [-0.4, -0.2) is 11.3 Å². The van der Waals surface area contributed by atoms with E-state index in [0.717, 1.165) is 0 Å². The molecule has 0 aliphatic heterocycles. The fourth-order valence-corrected chi connectivity index (χ4v) is 1.08. The van der Waals surface area contributed by atoms with Crippen LogP contribution in [0.4, 0.5) is 23.2 Å². The highest BCUT2D eigenvalue weighted by Gasteiger charge is 2.31. The number of alkyl halides is 4. The number of rotatable bonds is 2. The van der Waals surface area contributed by atoms with E-state index in [-0.39, 0.29) is 0 Å². The van der Waals surface area contributed by atoms with Gasteiger partial charge in [0.2, 0.25) is 5.91 Å². The third-order valence-corrected chi connectivity index (χ3v) is 2.11. The van der Waals surface area contributed by atoms with Crippen LogP contribution >= 0.6 is 11.6 Å². The van der Waals surface area contributed by atoms with E-state index in [1.165, 1.54) is 6.92 Å². The number of carbonyl (C=O) groups excluding carboxylic acids is 1. The van der Waals surface area contributed by atoms with Crippen LogP contribution < -0.4 is 5.32 Å². The number of amides is 1. The summed E-state index contributed by atoms with van der Waals surface area (Å²) < 4.78 is 50.2. The molecule has 94 valence electrons. The van der Waals surface area contributed by atoms with E-state index in [1.54, 1.807) is 0 Å². The largest absolute Gasteiger partial charge is 0.416 e. The summed E-state index contributed by atoms with van der Waals surface area (Å²) in [5.41, 5.74) is -1.59. The number of nitrogens with one attached hydrogen (secondary N) is 1. The van der Waals surface area contributed by atoms with E-state index in [4.69, 9.17) is 11.6 Å². The number of halogens is 5. The highest BCUT2D eigenvalue weighted by atomic mass is 35.5. The predicted octanol–water partition coefficient (Wildman–Crippen LogP) is 3.41. The molecule has 0 spiro atoms. The fraction of sp³-hybridized carbons (Fsp3) is 0.300. The first kappa shape index (κ1) is 13.8. The van der Waals surface area contributed by atoms with Gasteiger partial charge in [0.25, 0.3) is 0 Å². The lowest BCUT2D eigenvalue weighted by Crippen LogP contribution is -2.21. The standard InChI is InChI=1S/C10H8ClF4NO/c1-5(11)9(17)16-8-4-6(10(13,14)15)2-3-7(8)12/h2-5H,1H3,(H,16,17)/t5-/m0/s1. The Morgan fingerprint density at radius 1 is 1.41 bits per heavy atom. The van der Waals surface area contributed by atoms with Crippen molar-refractivity contribution in [1.29, 1.82) is 0 Å². The molecule has 0 bridgehead atoms. The summed E-state index contributed by atoms with van der Waals surface area (Å²) in [5, 5.41) is 1.01. The molecule has 0 aromatic heterocycles. The zero-order valence-corrected chi connectivity index (χ0v) is 9.36. The van der Waals surface area contributed by atoms with Gasteiger partial charge in [-0.15, -0.1) is 11.6 Å². The molecular weight excluding hydrogens is 262 g/mol. The lowest BCUT2D eigenvalue weighted by molar-refractivity contribution is -0.137. The molecule has 17 heavy (non-hydrogen) atoms. The molecule has 1 aromatic rings. The topological polar surface area (TPSA) is 29.1 Å². The molecule has 0 aliphatic rings. The molecule has 0 saturated heterocycles. The van der Waals surface area contributed by atoms with Gasteiger partial charge < -0.3 is 5.32 Å². The van der Waals surface area contributed by atoms with Crippen molar-refractivity contribution in [2.75, 3.05) is 5.32 Å². The summed E-state index contributed by atoms with van der Waals surface area (Å²) >= 11 is 5.40. The van der Waals surface area contributed by atoms with Crippen molar-refractivity contribution in [1.82, 2.24) is 0 Å². The van der Waals surface area contributed by atoms with Crippen molar-refractivity contribution in [2.24, 2.45) is 0 Å². The first-order valence-electron chi connectivity index (χ1n) is 4.53. The van der Waals surface area contributed by atoms with Gasteiger partial charge in [-0.2, -0.15) is 13.2 Å². The number of hydrogen-bond donors (Lipinski definition) is 1. The minimum Gasteiger partial charge on any atom is -0.322 e. The second-order valence-corrected chi connectivity index (χ2v) is 3.95. The first-order chi connectivity index (χ1) is 7.71. The van der Waals surface area contributed by atoms with Gasteiger partial charge in [-0.05, 0) is 25.1 Å².